The van der Waals surface area contributed by atoms with E-state index in [1.165, 1.54) is 26.9 Å². The third-order valence-corrected chi connectivity index (χ3v) is 9.51. The summed E-state index contributed by atoms with van der Waals surface area (Å²) in [5, 5.41) is 9.42. The highest BCUT2D eigenvalue weighted by Gasteiger charge is 2.17. The predicted molar refractivity (Wildman–Crippen MR) is 201 cm³/mol. The quantitative estimate of drug-likeness (QED) is 0.183. The van der Waals surface area contributed by atoms with Gasteiger partial charge >= 0.3 is 0 Å². The van der Waals surface area contributed by atoms with Gasteiger partial charge in [0, 0.05) is 32.8 Å². The van der Waals surface area contributed by atoms with E-state index in [1.807, 2.05) is 78.9 Å². The molecular formula is C45H27N3O. The molecule has 10 aromatic rings. The molecule has 0 bridgehead atoms. The second-order valence-electron chi connectivity index (χ2n) is 12.4. The number of hydrogen-bond donors (Lipinski definition) is 0. The van der Waals surface area contributed by atoms with Crippen molar-refractivity contribution in [1.29, 1.82) is 0 Å². The summed E-state index contributed by atoms with van der Waals surface area (Å²) in [5.74, 6) is 1.94. The number of furan rings is 1. The number of aromatic nitrogens is 3. The van der Waals surface area contributed by atoms with E-state index in [1.54, 1.807) is 0 Å². The molecule has 0 saturated carbocycles. The Morgan fingerprint density at radius 1 is 0.347 bits per heavy atom. The van der Waals surface area contributed by atoms with Gasteiger partial charge in [-0.15, -0.1) is 0 Å². The van der Waals surface area contributed by atoms with Crippen molar-refractivity contribution in [1.82, 2.24) is 15.0 Å². The maximum Gasteiger partial charge on any atom is 0.164 e. The van der Waals surface area contributed by atoms with Crippen LogP contribution in [0.25, 0.3) is 99.5 Å². The van der Waals surface area contributed by atoms with E-state index in [0.29, 0.717) is 17.5 Å². The van der Waals surface area contributed by atoms with E-state index in [-0.39, 0.29) is 0 Å². The second-order valence-corrected chi connectivity index (χ2v) is 12.4. The molecule has 10 rings (SSSR count). The average Bonchev–Trinajstić information content (AvgIpc) is 3.57. The fraction of sp³-hybridized carbons (Fsp3) is 0. The summed E-state index contributed by atoms with van der Waals surface area (Å²) in [6.07, 6.45) is 0. The molecule has 0 aliphatic carbocycles. The van der Waals surface area contributed by atoms with E-state index >= 15 is 0 Å². The van der Waals surface area contributed by atoms with Gasteiger partial charge in [0.2, 0.25) is 0 Å². The van der Waals surface area contributed by atoms with Crippen LogP contribution in [-0.4, -0.2) is 15.0 Å². The summed E-state index contributed by atoms with van der Waals surface area (Å²) in [4.78, 5) is 15.0. The zero-order valence-corrected chi connectivity index (χ0v) is 26.3. The largest absolute Gasteiger partial charge is 0.455 e. The van der Waals surface area contributed by atoms with Gasteiger partial charge in [-0.2, -0.15) is 0 Å². The van der Waals surface area contributed by atoms with Gasteiger partial charge < -0.3 is 4.42 Å². The van der Waals surface area contributed by atoms with Crippen LogP contribution in [0.1, 0.15) is 0 Å². The number of nitrogens with zero attached hydrogens (tertiary/aromatic N) is 3. The van der Waals surface area contributed by atoms with Gasteiger partial charge in [-0.25, -0.2) is 15.0 Å². The van der Waals surface area contributed by atoms with Crippen LogP contribution >= 0.6 is 0 Å². The second kappa shape index (κ2) is 11.0. The molecule has 0 unspecified atom stereocenters. The Kier molecular flexibility index (Phi) is 6.15. The zero-order chi connectivity index (χ0) is 32.3. The highest BCUT2D eigenvalue weighted by Crippen LogP contribution is 2.40. The lowest BCUT2D eigenvalue weighted by Crippen LogP contribution is -2.01. The molecule has 8 aromatic carbocycles. The molecule has 2 aromatic heterocycles. The Morgan fingerprint density at radius 2 is 0.898 bits per heavy atom. The number of para-hydroxylation sites is 1. The minimum Gasteiger partial charge on any atom is -0.455 e. The van der Waals surface area contributed by atoms with Crippen LogP contribution in [0.3, 0.4) is 0 Å². The van der Waals surface area contributed by atoms with Crippen LogP contribution in [0.2, 0.25) is 0 Å². The van der Waals surface area contributed by atoms with Gasteiger partial charge in [0.15, 0.2) is 17.5 Å². The molecule has 0 N–H and O–H groups in total. The lowest BCUT2D eigenvalue weighted by Gasteiger charge is -2.13. The molecule has 0 spiro atoms. The molecule has 2 heterocycles. The fourth-order valence-electron chi connectivity index (χ4n) is 7.18. The van der Waals surface area contributed by atoms with Crippen molar-refractivity contribution in [2.75, 3.05) is 0 Å². The molecule has 4 heteroatoms. The minimum absolute atomic E-state index is 0.641. The standard InChI is InChI=1S/C45H27N3O/c1-3-11-29(12-4-1)43-46-44(30-13-5-2-6-14-30)48-45(47-43)39-17-8-7-15-33(39)31-22-23-34-32(27-31)20-19-28-21-24-38-36(41(28)34)25-26-37-35-16-9-10-18-40(35)49-42(37)38/h1-27H. The Balaban J connectivity index is 1.15. The highest BCUT2D eigenvalue weighted by atomic mass is 16.3. The molecular weight excluding hydrogens is 599 g/mol. The van der Waals surface area contributed by atoms with Crippen molar-refractivity contribution in [3.05, 3.63) is 164 Å². The maximum absolute atomic E-state index is 6.42. The van der Waals surface area contributed by atoms with Crippen LogP contribution < -0.4 is 0 Å². The number of fused-ring (bicyclic) bond motifs is 9. The first kappa shape index (κ1) is 27.5. The SMILES string of the molecule is c1ccc(-c2nc(-c3ccccc3)nc(-c3ccccc3-c3ccc4c(ccc5ccc6c(ccc7c8ccccc8oc76)c54)c3)n2)cc1. The van der Waals surface area contributed by atoms with E-state index in [9.17, 15) is 0 Å². The molecule has 228 valence electrons. The summed E-state index contributed by atoms with van der Waals surface area (Å²) < 4.78 is 6.42. The molecule has 0 fully saturated rings. The van der Waals surface area contributed by atoms with Gasteiger partial charge in [-0.1, -0.05) is 140 Å². The smallest absolute Gasteiger partial charge is 0.164 e. The van der Waals surface area contributed by atoms with Gasteiger partial charge in [0.25, 0.3) is 0 Å². The lowest BCUT2D eigenvalue weighted by atomic mass is 9.92. The number of hydrogen-bond acceptors (Lipinski definition) is 4. The van der Waals surface area contributed by atoms with Crippen molar-refractivity contribution in [2.45, 2.75) is 0 Å². The Morgan fingerprint density at radius 3 is 1.67 bits per heavy atom. The first-order chi connectivity index (χ1) is 24.3. The Hall–Kier alpha value is -6.65. The van der Waals surface area contributed by atoms with Crippen molar-refractivity contribution < 1.29 is 4.42 Å². The van der Waals surface area contributed by atoms with Crippen LogP contribution in [0.15, 0.2) is 168 Å². The zero-order valence-electron chi connectivity index (χ0n) is 26.3. The highest BCUT2D eigenvalue weighted by molar-refractivity contribution is 6.26. The molecule has 0 aliphatic heterocycles. The van der Waals surface area contributed by atoms with E-state index in [4.69, 9.17) is 19.4 Å². The average molecular weight is 626 g/mol. The molecule has 0 radical (unpaired) electrons. The summed E-state index contributed by atoms with van der Waals surface area (Å²) >= 11 is 0. The van der Waals surface area contributed by atoms with Gasteiger partial charge in [0.1, 0.15) is 11.2 Å². The van der Waals surface area contributed by atoms with Crippen molar-refractivity contribution in [2.24, 2.45) is 0 Å². The molecule has 0 saturated heterocycles. The van der Waals surface area contributed by atoms with Crippen LogP contribution in [-0.2, 0) is 0 Å². The molecule has 4 nitrogen and oxygen atoms in total. The van der Waals surface area contributed by atoms with E-state index in [2.05, 4.69) is 84.9 Å². The van der Waals surface area contributed by atoms with Crippen LogP contribution in [0.5, 0.6) is 0 Å². The van der Waals surface area contributed by atoms with E-state index in [0.717, 1.165) is 55.1 Å². The summed E-state index contributed by atoms with van der Waals surface area (Å²) in [6.45, 7) is 0. The normalized spacial score (nSPS) is 11.7. The Labute approximate surface area is 282 Å². The van der Waals surface area contributed by atoms with Crippen molar-refractivity contribution in [3.63, 3.8) is 0 Å². The number of benzene rings is 8. The molecule has 0 aliphatic rings. The fourth-order valence-corrected chi connectivity index (χ4v) is 7.18. The molecule has 49 heavy (non-hydrogen) atoms. The summed E-state index contributed by atoms with van der Waals surface area (Å²) in [5.41, 5.74) is 6.87. The van der Waals surface area contributed by atoms with Crippen molar-refractivity contribution in [3.8, 4) is 45.3 Å². The Bertz CT molecular complexity index is 2820. The van der Waals surface area contributed by atoms with Gasteiger partial charge in [0.05, 0.1) is 0 Å². The van der Waals surface area contributed by atoms with E-state index < -0.39 is 0 Å². The molecule has 0 atom stereocenters. The van der Waals surface area contributed by atoms with Gasteiger partial charge in [-0.05, 0) is 62.3 Å². The third-order valence-electron chi connectivity index (χ3n) is 9.51. The lowest BCUT2D eigenvalue weighted by molar-refractivity contribution is 0.672. The van der Waals surface area contributed by atoms with Crippen LogP contribution in [0.4, 0.5) is 0 Å². The minimum atomic E-state index is 0.641. The topological polar surface area (TPSA) is 51.8 Å². The monoisotopic (exact) mass is 625 g/mol. The first-order valence-electron chi connectivity index (χ1n) is 16.4. The first-order valence-corrected chi connectivity index (χ1v) is 16.4. The maximum atomic E-state index is 6.42. The summed E-state index contributed by atoms with van der Waals surface area (Å²) in [6, 6.07) is 56.9. The van der Waals surface area contributed by atoms with Crippen molar-refractivity contribution >= 4 is 54.3 Å². The van der Waals surface area contributed by atoms with Gasteiger partial charge in [-0.3, -0.25) is 0 Å². The number of rotatable bonds is 4. The van der Waals surface area contributed by atoms with Crippen LogP contribution in [0, 0.1) is 0 Å². The predicted octanol–water partition coefficient (Wildman–Crippen LogP) is 11.9. The summed E-state index contributed by atoms with van der Waals surface area (Å²) in [7, 11) is 0. The third kappa shape index (κ3) is 4.49. The molecule has 0 amide bonds.